The van der Waals surface area contributed by atoms with Crippen molar-refractivity contribution in [2.24, 2.45) is 41.4 Å². The number of hydrogen-bond donors (Lipinski definition) is 1. The van der Waals surface area contributed by atoms with Crippen molar-refractivity contribution in [2.75, 3.05) is 6.61 Å². The molecule has 1 heteroatoms. The van der Waals surface area contributed by atoms with Crippen LogP contribution < -0.4 is 0 Å². The second kappa shape index (κ2) is 4.01. The van der Waals surface area contributed by atoms with Crippen LogP contribution >= 0.6 is 0 Å². The summed E-state index contributed by atoms with van der Waals surface area (Å²) < 4.78 is 0. The highest BCUT2D eigenvalue weighted by atomic mass is 16.3. The predicted molar refractivity (Wildman–Crippen MR) is 65.9 cm³/mol. The zero-order valence-electron chi connectivity index (χ0n) is 10.7. The van der Waals surface area contributed by atoms with E-state index in [9.17, 15) is 5.11 Å². The molecule has 3 aliphatic rings. The quantitative estimate of drug-likeness (QED) is 0.776. The number of aliphatic hydroxyl groups excluding tert-OH is 1. The average molecular weight is 222 g/mol. The minimum atomic E-state index is 0.456. The Kier molecular flexibility index (Phi) is 2.78. The van der Waals surface area contributed by atoms with Crippen LogP contribution in [0.3, 0.4) is 0 Å². The summed E-state index contributed by atoms with van der Waals surface area (Å²) in [6.45, 7) is 5.21. The Balaban J connectivity index is 1.84. The van der Waals surface area contributed by atoms with Crippen molar-refractivity contribution in [3.63, 3.8) is 0 Å². The number of hydrogen-bond acceptors (Lipinski definition) is 1. The molecule has 0 radical (unpaired) electrons. The van der Waals surface area contributed by atoms with Gasteiger partial charge in [-0.05, 0) is 60.7 Å². The van der Waals surface area contributed by atoms with Crippen LogP contribution in [0.1, 0.15) is 46.0 Å². The number of fused-ring (bicyclic) bond motifs is 5. The fraction of sp³-hybridized carbons (Fsp3) is 1.00. The third kappa shape index (κ3) is 1.33. The zero-order valence-corrected chi connectivity index (χ0v) is 10.7. The summed E-state index contributed by atoms with van der Waals surface area (Å²) in [5, 5.41) is 9.49. The van der Waals surface area contributed by atoms with Gasteiger partial charge in [-0.25, -0.2) is 0 Å². The van der Waals surface area contributed by atoms with Crippen molar-refractivity contribution < 1.29 is 5.11 Å². The molecule has 0 aromatic rings. The van der Waals surface area contributed by atoms with Gasteiger partial charge in [0, 0.05) is 6.61 Å². The molecule has 3 saturated carbocycles. The second-order valence-corrected chi connectivity index (χ2v) is 6.57. The van der Waals surface area contributed by atoms with Gasteiger partial charge in [0.2, 0.25) is 0 Å². The summed E-state index contributed by atoms with van der Waals surface area (Å²) in [7, 11) is 0. The Labute approximate surface area is 99.6 Å². The summed E-state index contributed by atoms with van der Waals surface area (Å²) in [4.78, 5) is 0. The molecule has 0 aromatic heterocycles. The van der Waals surface area contributed by atoms with E-state index < -0.39 is 0 Å². The minimum Gasteiger partial charge on any atom is -0.396 e. The van der Waals surface area contributed by atoms with Crippen molar-refractivity contribution in [2.45, 2.75) is 46.0 Å². The maximum absolute atomic E-state index is 9.49. The minimum absolute atomic E-state index is 0.456. The molecule has 1 N–H and O–H groups in total. The highest BCUT2D eigenvalue weighted by molar-refractivity contribution is 5.07. The van der Waals surface area contributed by atoms with E-state index in [-0.39, 0.29) is 0 Å². The molecule has 0 heterocycles. The lowest BCUT2D eigenvalue weighted by Crippen LogP contribution is -2.31. The summed E-state index contributed by atoms with van der Waals surface area (Å²) in [5.41, 5.74) is 0. The number of aliphatic hydroxyl groups is 1. The lowest BCUT2D eigenvalue weighted by Gasteiger charge is -2.35. The SMILES string of the molecule is CCC1CC(CC)C2C3CC(CC3CO)C12. The molecule has 0 saturated heterocycles. The van der Waals surface area contributed by atoms with Crippen molar-refractivity contribution in [3.8, 4) is 0 Å². The Morgan fingerprint density at radius 3 is 2.19 bits per heavy atom. The Morgan fingerprint density at radius 1 is 0.875 bits per heavy atom. The molecule has 92 valence electrons. The lowest BCUT2D eigenvalue weighted by molar-refractivity contribution is 0.0900. The fourth-order valence-electron chi connectivity index (χ4n) is 5.74. The topological polar surface area (TPSA) is 20.2 Å². The van der Waals surface area contributed by atoms with E-state index in [2.05, 4.69) is 13.8 Å². The molecule has 1 nitrogen and oxygen atoms in total. The maximum Gasteiger partial charge on any atom is 0.0462 e. The molecule has 3 rings (SSSR count). The van der Waals surface area contributed by atoms with E-state index in [1.165, 1.54) is 32.1 Å². The van der Waals surface area contributed by atoms with E-state index in [1.54, 1.807) is 0 Å². The Hall–Kier alpha value is -0.0400. The van der Waals surface area contributed by atoms with Gasteiger partial charge in [0.25, 0.3) is 0 Å². The van der Waals surface area contributed by atoms with E-state index in [0.717, 1.165) is 35.5 Å². The second-order valence-electron chi connectivity index (χ2n) is 6.57. The van der Waals surface area contributed by atoms with Crippen LogP contribution in [0.2, 0.25) is 0 Å². The van der Waals surface area contributed by atoms with Gasteiger partial charge >= 0.3 is 0 Å². The van der Waals surface area contributed by atoms with Crippen LogP contribution in [0.25, 0.3) is 0 Å². The first-order valence-corrected chi connectivity index (χ1v) is 7.40. The van der Waals surface area contributed by atoms with Crippen LogP contribution in [0, 0.1) is 41.4 Å². The van der Waals surface area contributed by atoms with E-state index in [1.807, 2.05) is 0 Å². The van der Waals surface area contributed by atoms with Crippen molar-refractivity contribution >= 4 is 0 Å². The standard InChI is InChI=1S/C15H26O/c1-3-9-5-10(4-2)15-13-7-11(14(9)15)6-12(13)8-16/h9-16H,3-8H2,1-2H3. The number of rotatable bonds is 3. The normalized spacial score (nSPS) is 54.6. The smallest absolute Gasteiger partial charge is 0.0462 e. The van der Waals surface area contributed by atoms with Gasteiger partial charge in [-0.3, -0.25) is 0 Å². The summed E-state index contributed by atoms with van der Waals surface area (Å²) in [5.74, 6) is 6.57. The molecule has 2 bridgehead atoms. The van der Waals surface area contributed by atoms with Gasteiger partial charge in [-0.15, -0.1) is 0 Å². The highest BCUT2D eigenvalue weighted by Crippen LogP contribution is 2.65. The predicted octanol–water partition coefficient (Wildman–Crippen LogP) is 3.32. The zero-order chi connectivity index (χ0) is 11.3. The monoisotopic (exact) mass is 222 g/mol. The first-order chi connectivity index (χ1) is 7.80. The summed E-state index contributed by atoms with van der Waals surface area (Å²) in [6, 6.07) is 0. The van der Waals surface area contributed by atoms with E-state index in [4.69, 9.17) is 0 Å². The molecule has 0 amide bonds. The average Bonchev–Trinajstić information content (AvgIpc) is 2.97. The van der Waals surface area contributed by atoms with Crippen LogP contribution in [0.5, 0.6) is 0 Å². The molecule has 3 aliphatic carbocycles. The highest BCUT2D eigenvalue weighted by Gasteiger charge is 2.59. The first-order valence-electron chi connectivity index (χ1n) is 7.40. The molecule has 0 aliphatic heterocycles. The third-order valence-corrected chi connectivity index (χ3v) is 6.25. The third-order valence-electron chi connectivity index (χ3n) is 6.25. The molecular formula is C15H26O. The molecule has 16 heavy (non-hydrogen) atoms. The molecule has 7 atom stereocenters. The Morgan fingerprint density at radius 2 is 1.56 bits per heavy atom. The van der Waals surface area contributed by atoms with Gasteiger partial charge in [-0.2, -0.15) is 0 Å². The lowest BCUT2D eigenvalue weighted by atomic mass is 9.71. The molecule has 3 fully saturated rings. The van der Waals surface area contributed by atoms with Crippen molar-refractivity contribution in [1.82, 2.24) is 0 Å². The molecule has 0 spiro atoms. The van der Waals surface area contributed by atoms with Gasteiger partial charge < -0.3 is 5.11 Å². The first kappa shape index (κ1) is 11.1. The fourth-order valence-corrected chi connectivity index (χ4v) is 5.74. The van der Waals surface area contributed by atoms with E-state index >= 15 is 0 Å². The van der Waals surface area contributed by atoms with Gasteiger partial charge in [0.15, 0.2) is 0 Å². The molecule has 7 unspecified atom stereocenters. The molecular weight excluding hydrogens is 196 g/mol. The van der Waals surface area contributed by atoms with Crippen molar-refractivity contribution in [3.05, 3.63) is 0 Å². The van der Waals surface area contributed by atoms with Gasteiger partial charge in [0.1, 0.15) is 0 Å². The van der Waals surface area contributed by atoms with Crippen LogP contribution in [-0.4, -0.2) is 11.7 Å². The van der Waals surface area contributed by atoms with Crippen molar-refractivity contribution in [1.29, 1.82) is 0 Å². The summed E-state index contributed by atoms with van der Waals surface area (Å²) in [6.07, 6.45) is 7.06. The molecule has 0 aromatic carbocycles. The van der Waals surface area contributed by atoms with Gasteiger partial charge in [-0.1, -0.05) is 26.7 Å². The van der Waals surface area contributed by atoms with Crippen LogP contribution in [0.15, 0.2) is 0 Å². The Bertz CT molecular complexity index is 262. The van der Waals surface area contributed by atoms with Crippen LogP contribution in [0.4, 0.5) is 0 Å². The largest absolute Gasteiger partial charge is 0.396 e. The summed E-state index contributed by atoms with van der Waals surface area (Å²) >= 11 is 0. The van der Waals surface area contributed by atoms with Gasteiger partial charge in [0.05, 0.1) is 0 Å². The van der Waals surface area contributed by atoms with E-state index in [0.29, 0.717) is 12.5 Å². The maximum atomic E-state index is 9.49. The van der Waals surface area contributed by atoms with Crippen LogP contribution in [-0.2, 0) is 0 Å².